The van der Waals surface area contributed by atoms with Crippen molar-refractivity contribution >= 4 is 5.78 Å². The van der Waals surface area contributed by atoms with Crippen LogP contribution in [0, 0.1) is 0 Å². The van der Waals surface area contributed by atoms with Crippen molar-refractivity contribution in [1.82, 2.24) is 9.97 Å². The quantitative estimate of drug-likeness (QED) is 0.750. The fourth-order valence-electron chi connectivity index (χ4n) is 1.57. The van der Waals surface area contributed by atoms with Crippen LogP contribution in [0.25, 0.3) is 0 Å². The minimum Gasteiger partial charge on any atom is -0.496 e. The normalized spacial score (nSPS) is 9.94. The maximum Gasteiger partial charge on any atom is 0.170 e. The molecule has 0 amide bonds. The lowest BCUT2D eigenvalue weighted by atomic mass is 10.0. The zero-order valence-corrected chi connectivity index (χ0v) is 9.46. The van der Waals surface area contributed by atoms with E-state index in [0.717, 1.165) is 11.3 Å². The number of hydrogen-bond donors (Lipinski definition) is 0. The summed E-state index contributed by atoms with van der Waals surface area (Å²) in [5, 5.41) is 0. The van der Waals surface area contributed by atoms with Crippen LogP contribution in [0.15, 0.2) is 43.0 Å². The number of rotatable bonds is 4. The molecule has 1 aromatic carbocycles. The van der Waals surface area contributed by atoms with Gasteiger partial charge in [0.1, 0.15) is 12.1 Å². The van der Waals surface area contributed by atoms with E-state index >= 15 is 0 Å². The minimum atomic E-state index is -0.0184. The average molecular weight is 228 g/mol. The van der Waals surface area contributed by atoms with Gasteiger partial charge in [-0.3, -0.25) is 4.79 Å². The van der Waals surface area contributed by atoms with Crippen molar-refractivity contribution in [3.05, 3.63) is 54.1 Å². The standard InChI is InChI=1S/C13H12N2O2/c1-17-13-5-3-2-4-10(13)6-12(16)11-7-14-9-15-8-11/h2-5,7-9H,6H2,1H3. The van der Waals surface area contributed by atoms with Crippen molar-refractivity contribution in [1.29, 1.82) is 0 Å². The van der Waals surface area contributed by atoms with Gasteiger partial charge in [0.2, 0.25) is 0 Å². The van der Waals surface area contributed by atoms with Crippen molar-refractivity contribution < 1.29 is 9.53 Å². The molecule has 0 bridgehead atoms. The van der Waals surface area contributed by atoms with Gasteiger partial charge in [-0.25, -0.2) is 9.97 Å². The van der Waals surface area contributed by atoms with Crippen LogP contribution in [0.4, 0.5) is 0 Å². The van der Waals surface area contributed by atoms with E-state index in [2.05, 4.69) is 9.97 Å². The van der Waals surface area contributed by atoms with Crippen LogP contribution in [0.5, 0.6) is 5.75 Å². The van der Waals surface area contributed by atoms with Crippen molar-refractivity contribution in [3.63, 3.8) is 0 Å². The number of ether oxygens (including phenoxy) is 1. The van der Waals surface area contributed by atoms with Gasteiger partial charge < -0.3 is 4.74 Å². The molecule has 86 valence electrons. The van der Waals surface area contributed by atoms with Crippen LogP contribution in [-0.2, 0) is 6.42 Å². The average Bonchev–Trinajstić information content (AvgIpc) is 2.40. The SMILES string of the molecule is COc1ccccc1CC(=O)c1cncnc1. The van der Waals surface area contributed by atoms with Crippen LogP contribution in [-0.4, -0.2) is 22.9 Å². The van der Waals surface area contributed by atoms with Gasteiger partial charge in [0.15, 0.2) is 5.78 Å². The molecule has 0 aliphatic rings. The molecule has 1 aromatic heterocycles. The van der Waals surface area contributed by atoms with Crippen LogP contribution >= 0.6 is 0 Å². The third-order valence-corrected chi connectivity index (χ3v) is 2.43. The van der Waals surface area contributed by atoms with E-state index in [0.29, 0.717) is 5.56 Å². The zero-order chi connectivity index (χ0) is 12.1. The number of carbonyl (C=O) groups excluding carboxylic acids is 1. The second-order valence-corrected chi connectivity index (χ2v) is 3.54. The molecule has 0 aliphatic heterocycles. The summed E-state index contributed by atoms with van der Waals surface area (Å²) in [6.07, 6.45) is 4.73. The predicted octanol–water partition coefficient (Wildman–Crippen LogP) is 1.91. The third-order valence-electron chi connectivity index (χ3n) is 2.43. The highest BCUT2D eigenvalue weighted by Gasteiger charge is 2.10. The van der Waals surface area contributed by atoms with Crippen LogP contribution in [0.3, 0.4) is 0 Å². The summed E-state index contributed by atoms with van der Waals surface area (Å²) in [7, 11) is 1.59. The van der Waals surface area contributed by atoms with Crippen LogP contribution in [0.1, 0.15) is 15.9 Å². The van der Waals surface area contributed by atoms with Gasteiger partial charge in [-0.2, -0.15) is 0 Å². The predicted molar refractivity (Wildman–Crippen MR) is 63.1 cm³/mol. The molecule has 0 radical (unpaired) electrons. The third kappa shape index (κ3) is 2.66. The summed E-state index contributed by atoms with van der Waals surface area (Å²) in [5.74, 6) is 0.702. The summed E-state index contributed by atoms with van der Waals surface area (Å²) in [5.41, 5.74) is 1.38. The first kappa shape index (κ1) is 11.3. The molecule has 0 N–H and O–H groups in total. The first-order valence-electron chi connectivity index (χ1n) is 5.21. The summed E-state index contributed by atoms with van der Waals surface area (Å²) < 4.78 is 5.20. The number of methoxy groups -OCH3 is 1. The molecular weight excluding hydrogens is 216 g/mol. The Balaban J connectivity index is 2.19. The van der Waals surface area contributed by atoms with E-state index in [1.165, 1.54) is 18.7 Å². The maximum atomic E-state index is 11.9. The van der Waals surface area contributed by atoms with E-state index in [1.54, 1.807) is 7.11 Å². The number of para-hydroxylation sites is 1. The Kier molecular flexibility index (Phi) is 3.45. The van der Waals surface area contributed by atoms with Crippen LogP contribution < -0.4 is 4.74 Å². The van der Waals surface area contributed by atoms with E-state index < -0.39 is 0 Å². The van der Waals surface area contributed by atoms with E-state index in [1.807, 2.05) is 24.3 Å². The van der Waals surface area contributed by atoms with E-state index in [9.17, 15) is 4.79 Å². The molecule has 4 heteroatoms. The fourth-order valence-corrected chi connectivity index (χ4v) is 1.57. The molecule has 0 saturated carbocycles. The molecule has 0 atom stereocenters. The molecule has 0 fully saturated rings. The monoisotopic (exact) mass is 228 g/mol. The number of ketones is 1. The molecule has 17 heavy (non-hydrogen) atoms. The number of nitrogens with zero attached hydrogens (tertiary/aromatic N) is 2. The van der Waals surface area contributed by atoms with Gasteiger partial charge in [0.25, 0.3) is 0 Å². The van der Waals surface area contributed by atoms with E-state index in [4.69, 9.17) is 4.74 Å². The van der Waals surface area contributed by atoms with Gasteiger partial charge in [-0.05, 0) is 6.07 Å². The molecule has 0 unspecified atom stereocenters. The smallest absolute Gasteiger partial charge is 0.170 e. The first-order chi connectivity index (χ1) is 8.31. The van der Waals surface area contributed by atoms with Gasteiger partial charge in [-0.1, -0.05) is 18.2 Å². The lowest BCUT2D eigenvalue weighted by Gasteiger charge is -2.06. The number of carbonyl (C=O) groups is 1. The Bertz CT molecular complexity index is 512. The maximum absolute atomic E-state index is 11.9. The van der Waals surface area contributed by atoms with Gasteiger partial charge in [0, 0.05) is 24.4 Å². The Hall–Kier alpha value is -2.23. The van der Waals surface area contributed by atoms with Crippen molar-refractivity contribution in [2.45, 2.75) is 6.42 Å². The molecule has 0 spiro atoms. The topological polar surface area (TPSA) is 52.1 Å². The first-order valence-corrected chi connectivity index (χ1v) is 5.21. The second-order valence-electron chi connectivity index (χ2n) is 3.54. The zero-order valence-electron chi connectivity index (χ0n) is 9.46. The van der Waals surface area contributed by atoms with Crippen molar-refractivity contribution in [2.75, 3.05) is 7.11 Å². The number of hydrogen-bond acceptors (Lipinski definition) is 4. The van der Waals surface area contributed by atoms with Crippen molar-refractivity contribution in [2.24, 2.45) is 0 Å². The number of aromatic nitrogens is 2. The summed E-state index contributed by atoms with van der Waals surface area (Å²) in [6.45, 7) is 0. The highest BCUT2D eigenvalue weighted by molar-refractivity contribution is 5.97. The lowest BCUT2D eigenvalue weighted by molar-refractivity contribution is 0.0991. The Morgan fingerprint density at radius 3 is 2.65 bits per heavy atom. The molecule has 0 aliphatic carbocycles. The molecular formula is C13H12N2O2. The van der Waals surface area contributed by atoms with Gasteiger partial charge in [0.05, 0.1) is 12.7 Å². The van der Waals surface area contributed by atoms with Gasteiger partial charge in [-0.15, -0.1) is 0 Å². The second kappa shape index (κ2) is 5.21. The minimum absolute atomic E-state index is 0.0184. The summed E-state index contributed by atoms with van der Waals surface area (Å²) in [6, 6.07) is 7.47. The Morgan fingerprint density at radius 2 is 1.94 bits per heavy atom. The lowest BCUT2D eigenvalue weighted by Crippen LogP contribution is -2.05. The molecule has 2 aromatic rings. The Morgan fingerprint density at radius 1 is 1.24 bits per heavy atom. The summed E-state index contributed by atoms with van der Waals surface area (Å²) in [4.78, 5) is 19.6. The molecule has 0 saturated heterocycles. The molecule has 2 rings (SSSR count). The van der Waals surface area contributed by atoms with Crippen molar-refractivity contribution in [3.8, 4) is 5.75 Å². The number of benzene rings is 1. The molecule has 4 nitrogen and oxygen atoms in total. The highest BCUT2D eigenvalue weighted by Crippen LogP contribution is 2.19. The van der Waals surface area contributed by atoms with Gasteiger partial charge >= 0.3 is 0 Å². The van der Waals surface area contributed by atoms with Crippen LogP contribution in [0.2, 0.25) is 0 Å². The molecule has 1 heterocycles. The Labute approximate surface area is 99.3 Å². The van der Waals surface area contributed by atoms with E-state index in [-0.39, 0.29) is 12.2 Å². The summed E-state index contributed by atoms with van der Waals surface area (Å²) >= 11 is 0. The highest BCUT2D eigenvalue weighted by atomic mass is 16.5. The fraction of sp³-hybridized carbons (Fsp3) is 0.154. The number of Topliss-reactive ketones (excluding diaryl/α,β-unsaturated/α-hetero) is 1. The largest absolute Gasteiger partial charge is 0.496 e.